The van der Waals surface area contributed by atoms with Crippen LogP contribution in [0.15, 0.2) is 0 Å². The van der Waals surface area contributed by atoms with Crippen LogP contribution in [0.25, 0.3) is 0 Å². The molecule has 2 nitrogen and oxygen atoms in total. The summed E-state index contributed by atoms with van der Waals surface area (Å²) in [7, 11) is 1.96. The van der Waals surface area contributed by atoms with Crippen LogP contribution in [0.5, 0.6) is 0 Å². The van der Waals surface area contributed by atoms with E-state index in [0.717, 1.165) is 19.6 Å². The fourth-order valence-electron chi connectivity index (χ4n) is 0.943. The average Bonchev–Trinajstić information content (AvgIpc) is 2.03. The summed E-state index contributed by atoms with van der Waals surface area (Å²) in [6.07, 6.45) is 3.91. The second-order valence-electron chi connectivity index (χ2n) is 2.81. The minimum absolute atomic E-state index is 0.409. The number of rotatable bonds is 7. The van der Waals surface area contributed by atoms with Crippen LogP contribution in [-0.4, -0.2) is 26.3 Å². The van der Waals surface area contributed by atoms with Gasteiger partial charge in [0, 0.05) is 13.2 Å². The van der Waals surface area contributed by atoms with Gasteiger partial charge in [0.05, 0.1) is 6.10 Å². The molecule has 0 radical (unpaired) electrons. The van der Waals surface area contributed by atoms with Crippen molar-refractivity contribution in [3.8, 4) is 0 Å². The molecule has 68 valence electrons. The first-order valence-electron chi connectivity index (χ1n) is 4.61. The van der Waals surface area contributed by atoms with E-state index in [1.165, 1.54) is 12.8 Å². The summed E-state index contributed by atoms with van der Waals surface area (Å²) in [5.74, 6) is 0. The predicted molar refractivity (Wildman–Crippen MR) is 48.9 cm³/mol. The lowest BCUT2D eigenvalue weighted by Crippen LogP contribution is -2.26. The van der Waals surface area contributed by atoms with Gasteiger partial charge in [-0.15, -0.1) is 0 Å². The Morgan fingerprint density at radius 2 is 2.09 bits per heavy atom. The Balaban J connectivity index is 3.20. The zero-order valence-corrected chi connectivity index (χ0v) is 8.02. The number of hydrogen-bond donors (Lipinski definition) is 1. The van der Waals surface area contributed by atoms with Crippen LogP contribution in [0.1, 0.15) is 33.1 Å². The van der Waals surface area contributed by atoms with Gasteiger partial charge in [-0.1, -0.05) is 20.3 Å². The third kappa shape index (κ3) is 6.32. The molecule has 0 saturated carbocycles. The first-order chi connectivity index (χ1) is 5.35. The van der Waals surface area contributed by atoms with E-state index in [1.54, 1.807) is 0 Å². The van der Waals surface area contributed by atoms with E-state index >= 15 is 0 Å². The number of unbranched alkanes of at least 4 members (excludes halogenated alkanes) is 1. The number of ether oxygens (including phenoxy) is 1. The molecule has 11 heavy (non-hydrogen) atoms. The van der Waals surface area contributed by atoms with Gasteiger partial charge in [0.2, 0.25) is 0 Å². The molecule has 0 aliphatic carbocycles. The number of likely N-dealkylation sites (N-methyl/N-ethyl adjacent to an activating group) is 1. The molecule has 0 rings (SSSR count). The Morgan fingerprint density at radius 1 is 1.36 bits per heavy atom. The second-order valence-corrected chi connectivity index (χ2v) is 2.81. The molecular weight excluding hydrogens is 138 g/mol. The Labute approximate surface area is 70.3 Å². The summed E-state index contributed by atoms with van der Waals surface area (Å²) >= 11 is 0. The minimum Gasteiger partial charge on any atom is -0.377 e. The van der Waals surface area contributed by atoms with E-state index in [9.17, 15) is 0 Å². The van der Waals surface area contributed by atoms with Gasteiger partial charge in [-0.25, -0.2) is 0 Å². The van der Waals surface area contributed by atoms with Crippen molar-refractivity contribution in [2.75, 3.05) is 20.2 Å². The maximum atomic E-state index is 5.61. The van der Waals surface area contributed by atoms with Gasteiger partial charge in [0.1, 0.15) is 0 Å². The van der Waals surface area contributed by atoms with E-state index in [4.69, 9.17) is 4.74 Å². The van der Waals surface area contributed by atoms with Gasteiger partial charge < -0.3 is 10.1 Å². The lowest BCUT2D eigenvalue weighted by molar-refractivity contribution is 0.0502. The molecule has 0 aliphatic heterocycles. The van der Waals surface area contributed by atoms with Crippen molar-refractivity contribution >= 4 is 0 Å². The molecule has 1 atom stereocenters. The molecule has 0 aliphatic rings. The van der Waals surface area contributed by atoms with Crippen LogP contribution in [0.3, 0.4) is 0 Å². The van der Waals surface area contributed by atoms with Crippen molar-refractivity contribution in [1.29, 1.82) is 0 Å². The van der Waals surface area contributed by atoms with Gasteiger partial charge in [-0.2, -0.15) is 0 Å². The molecule has 2 heteroatoms. The molecule has 0 aromatic rings. The molecule has 0 aromatic heterocycles. The monoisotopic (exact) mass is 159 g/mol. The number of hydrogen-bond acceptors (Lipinski definition) is 2. The largest absolute Gasteiger partial charge is 0.377 e. The predicted octanol–water partition coefficient (Wildman–Crippen LogP) is 1.80. The summed E-state index contributed by atoms with van der Waals surface area (Å²) in [5, 5.41) is 3.12. The van der Waals surface area contributed by atoms with Gasteiger partial charge in [-0.3, -0.25) is 0 Å². The lowest BCUT2D eigenvalue weighted by Gasteiger charge is -2.14. The quantitative estimate of drug-likeness (QED) is 0.572. The van der Waals surface area contributed by atoms with Gasteiger partial charge in [-0.05, 0) is 19.9 Å². The van der Waals surface area contributed by atoms with Crippen molar-refractivity contribution in [2.24, 2.45) is 0 Å². The highest BCUT2D eigenvalue weighted by molar-refractivity contribution is 4.56. The Hall–Kier alpha value is -0.0800. The van der Waals surface area contributed by atoms with Crippen molar-refractivity contribution < 1.29 is 4.74 Å². The van der Waals surface area contributed by atoms with E-state index in [0.29, 0.717) is 6.10 Å². The molecule has 0 fully saturated rings. The van der Waals surface area contributed by atoms with Crippen molar-refractivity contribution in [1.82, 2.24) is 5.32 Å². The van der Waals surface area contributed by atoms with Crippen molar-refractivity contribution in [3.63, 3.8) is 0 Å². The topological polar surface area (TPSA) is 21.3 Å². The maximum Gasteiger partial charge on any atom is 0.0696 e. The van der Waals surface area contributed by atoms with Gasteiger partial charge in [0.25, 0.3) is 0 Å². The fraction of sp³-hybridized carbons (Fsp3) is 1.00. The zero-order valence-electron chi connectivity index (χ0n) is 8.02. The first kappa shape index (κ1) is 10.9. The summed E-state index contributed by atoms with van der Waals surface area (Å²) in [5.41, 5.74) is 0. The van der Waals surface area contributed by atoms with Crippen molar-refractivity contribution in [2.45, 2.75) is 39.2 Å². The van der Waals surface area contributed by atoms with E-state index in [-0.39, 0.29) is 0 Å². The standard InChI is InChI=1S/C9H21NO/c1-4-6-7-11-9(5-2)8-10-3/h9-10H,4-8H2,1-3H3. The van der Waals surface area contributed by atoms with Crippen LogP contribution in [0, 0.1) is 0 Å². The molecular formula is C9H21NO. The lowest BCUT2D eigenvalue weighted by atomic mass is 10.3. The fourth-order valence-corrected chi connectivity index (χ4v) is 0.943. The van der Waals surface area contributed by atoms with E-state index < -0.39 is 0 Å². The van der Waals surface area contributed by atoms with Gasteiger partial charge >= 0.3 is 0 Å². The average molecular weight is 159 g/mol. The Morgan fingerprint density at radius 3 is 2.55 bits per heavy atom. The minimum atomic E-state index is 0.409. The van der Waals surface area contributed by atoms with Crippen LogP contribution in [-0.2, 0) is 4.74 Å². The smallest absolute Gasteiger partial charge is 0.0696 e. The second kappa shape index (κ2) is 8.02. The highest BCUT2D eigenvalue weighted by Gasteiger charge is 2.02. The molecule has 0 aromatic carbocycles. The normalized spacial score (nSPS) is 13.4. The SMILES string of the molecule is CCCCOC(CC)CNC. The van der Waals surface area contributed by atoms with Crippen LogP contribution >= 0.6 is 0 Å². The zero-order chi connectivity index (χ0) is 8.53. The third-order valence-electron chi connectivity index (χ3n) is 1.74. The first-order valence-corrected chi connectivity index (χ1v) is 4.61. The third-order valence-corrected chi connectivity index (χ3v) is 1.74. The van der Waals surface area contributed by atoms with Crippen LogP contribution < -0.4 is 5.32 Å². The highest BCUT2D eigenvalue weighted by Crippen LogP contribution is 1.98. The Kier molecular flexibility index (Phi) is 7.96. The van der Waals surface area contributed by atoms with Crippen LogP contribution in [0.2, 0.25) is 0 Å². The molecule has 0 amide bonds. The highest BCUT2D eigenvalue weighted by atomic mass is 16.5. The molecule has 0 spiro atoms. The summed E-state index contributed by atoms with van der Waals surface area (Å²) in [4.78, 5) is 0. The van der Waals surface area contributed by atoms with Gasteiger partial charge in [0.15, 0.2) is 0 Å². The molecule has 0 heterocycles. The Bertz CT molecular complexity index is 76.0. The van der Waals surface area contributed by atoms with E-state index in [1.807, 2.05) is 7.05 Å². The van der Waals surface area contributed by atoms with E-state index in [2.05, 4.69) is 19.2 Å². The maximum absolute atomic E-state index is 5.61. The van der Waals surface area contributed by atoms with Crippen LogP contribution in [0.4, 0.5) is 0 Å². The summed E-state index contributed by atoms with van der Waals surface area (Å²) in [6.45, 7) is 6.23. The molecule has 1 N–H and O–H groups in total. The van der Waals surface area contributed by atoms with Crippen molar-refractivity contribution in [3.05, 3.63) is 0 Å². The summed E-state index contributed by atoms with van der Waals surface area (Å²) < 4.78 is 5.61. The number of nitrogens with one attached hydrogen (secondary N) is 1. The molecule has 0 saturated heterocycles. The molecule has 0 bridgehead atoms. The molecule has 1 unspecified atom stereocenters. The summed E-state index contributed by atoms with van der Waals surface area (Å²) in [6, 6.07) is 0.